The van der Waals surface area contributed by atoms with E-state index in [0.29, 0.717) is 30.6 Å². The molecule has 26 heavy (non-hydrogen) atoms. The molecule has 2 aromatic rings. The molecule has 9 nitrogen and oxygen atoms in total. The maximum atomic E-state index is 12.4. The van der Waals surface area contributed by atoms with E-state index in [2.05, 4.69) is 30.7 Å². The first-order valence-corrected chi connectivity index (χ1v) is 8.83. The van der Waals surface area contributed by atoms with Crippen LogP contribution in [0.25, 0.3) is 0 Å². The van der Waals surface area contributed by atoms with Crippen molar-refractivity contribution in [1.29, 1.82) is 0 Å². The number of ether oxygens (including phenoxy) is 1. The second kappa shape index (κ2) is 6.91. The summed E-state index contributed by atoms with van der Waals surface area (Å²) in [5.74, 6) is 1.92. The maximum absolute atomic E-state index is 12.4. The van der Waals surface area contributed by atoms with Gasteiger partial charge in [0, 0.05) is 20.0 Å². The fourth-order valence-corrected chi connectivity index (χ4v) is 3.25. The molecular weight excluding hydrogens is 336 g/mol. The van der Waals surface area contributed by atoms with Gasteiger partial charge in [-0.05, 0) is 31.4 Å². The molecule has 9 heteroatoms. The zero-order valence-electron chi connectivity index (χ0n) is 14.7. The normalized spacial score (nSPS) is 18.9. The van der Waals surface area contributed by atoms with E-state index < -0.39 is 5.54 Å². The predicted molar refractivity (Wildman–Crippen MR) is 94.0 cm³/mol. The number of carbonyl (C=O) groups is 1. The Morgan fingerprint density at radius 2 is 2.08 bits per heavy atom. The number of carbonyl (C=O) groups excluding carboxylic acids is 1. The summed E-state index contributed by atoms with van der Waals surface area (Å²) in [4.78, 5) is 23.3. The molecule has 0 atom stereocenters. The van der Waals surface area contributed by atoms with Crippen LogP contribution in [0.15, 0.2) is 22.9 Å². The van der Waals surface area contributed by atoms with Gasteiger partial charge in [-0.25, -0.2) is 9.78 Å². The first-order chi connectivity index (χ1) is 12.6. The van der Waals surface area contributed by atoms with Crippen molar-refractivity contribution in [3.8, 4) is 0 Å². The summed E-state index contributed by atoms with van der Waals surface area (Å²) in [6.07, 6.45) is 4.28. The van der Waals surface area contributed by atoms with Gasteiger partial charge in [-0.1, -0.05) is 5.16 Å². The maximum Gasteiger partial charge on any atom is 0.320 e. The number of anilines is 2. The molecule has 0 unspecified atom stereocenters. The van der Waals surface area contributed by atoms with Gasteiger partial charge in [0.1, 0.15) is 11.4 Å². The Morgan fingerprint density at radius 3 is 2.65 bits per heavy atom. The van der Waals surface area contributed by atoms with E-state index in [9.17, 15) is 4.79 Å². The minimum Gasteiger partial charge on any atom is -0.378 e. The van der Waals surface area contributed by atoms with Crippen LogP contribution in [0.4, 0.5) is 16.3 Å². The lowest BCUT2D eigenvalue weighted by Crippen LogP contribution is -2.52. The molecule has 2 fully saturated rings. The van der Waals surface area contributed by atoms with E-state index >= 15 is 0 Å². The van der Waals surface area contributed by atoms with Crippen molar-refractivity contribution in [3.63, 3.8) is 0 Å². The lowest BCUT2D eigenvalue weighted by molar-refractivity contribution is 0.122. The van der Waals surface area contributed by atoms with Gasteiger partial charge in [0.2, 0.25) is 5.89 Å². The van der Waals surface area contributed by atoms with Crippen molar-refractivity contribution in [1.82, 2.24) is 20.4 Å². The average Bonchev–Trinajstić information content (AvgIpc) is 3.06. The number of amides is 2. The molecule has 2 aromatic heterocycles. The van der Waals surface area contributed by atoms with Gasteiger partial charge in [0.15, 0.2) is 5.82 Å². The highest BCUT2D eigenvalue weighted by molar-refractivity contribution is 5.89. The van der Waals surface area contributed by atoms with E-state index in [-0.39, 0.29) is 6.03 Å². The number of aryl methyl sites for hydroxylation is 1. The largest absolute Gasteiger partial charge is 0.378 e. The Labute approximate surface area is 151 Å². The van der Waals surface area contributed by atoms with Gasteiger partial charge in [0.25, 0.3) is 0 Å². The zero-order valence-corrected chi connectivity index (χ0v) is 14.7. The van der Waals surface area contributed by atoms with Gasteiger partial charge in [-0.2, -0.15) is 4.98 Å². The summed E-state index contributed by atoms with van der Waals surface area (Å²) < 4.78 is 10.4. The van der Waals surface area contributed by atoms with Crippen molar-refractivity contribution in [3.05, 3.63) is 30.0 Å². The molecule has 138 valence electrons. The summed E-state index contributed by atoms with van der Waals surface area (Å²) in [7, 11) is 0. The molecule has 1 saturated heterocycles. The molecule has 2 amide bonds. The lowest BCUT2D eigenvalue weighted by atomic mass is 9.76. The van der Waals surface area contributed by atoms with Crippen LogP contribution < -0.4 is 15.5 Å². The number of aromatic nitrogens is 3. The second-order valence-corrected chi connectivity index (χ2v) is 6.66. The Bertz CT molecular complexity index is 765. The van der Waals surface area contributed by atoms with Crippen molar-refractivity contribution in [2.75, 3.05) is 36.5 Å². The summed E-state index contributed by atoms with van der Waals surface area (Å²) in [5, 5.41) is 9.80. The number of pyridine rings is 1. The molecule has 0 bridgehead atoms. The topological polar surface area (TPSA) is 105 Å². The highest BCUT2D eigenvalue weighted by Crippen LogP contribution is 2.39. The minimum atomic E-state index is -0.539. The molecule has 2 aliphatic rings. The Balaban J connectivity index is 1.38. The molecule has 0 spiro atoms. The zero-order chi connectivity index (χ0) is 18.0. The summed E-state index contributed by atoms with van der Waals surface area (Å²) in [6, 6.07) is 3.46. The number of hydrogen-bond acceptors (Lipinski definition) is 7. The Kier molecular flexibility index (Phi) is 4.46. The third-order valence-corrected chi connectivity index (χ3v) is 4.86. The first-order valence-electron chi connectivity index (χ1n) is 8.83. The molecule has 0 radical (unpaired) electrons. The quantitative estimate of drug-likeness (QED) is 0.858. The molecule has 1 aliphatic heterocycles. The first kappa shape index (κ1) is 16.8. The van der Waals surface area contributed by atoms with Crippen LogP contribution in [0, 0.1) is 6.92 Å². The van der Waals surface area contributed by atoms with Gasteiger partial charge in [-0.15, -0.1) is 0 Å². The number of nitrogens with one attached hydrogen (secondary N) is 2. The fraction of sp³-hybridized carbons (Fsp3) is 0.529. The lowest BCUT2D eigenvalue weighted by Gasteiger charge is -2.39. The highest BCUT2D eigenvalue weighted by atomic mass is 16.5. The van der Waals surface area contributed by atoms with Gasteiger partial charge in [-0.3, -0.25) is 0 Å². The predicted octanol–water partition coefficient (Wildman–Crippen LogP) is 1.81. The van der Waals surface area contributed by atoms with Gasteiger partial charge >= 0.3 is 6.03 Å². The Hall–Kier alpha value is -2.68. The number of rotatable bonds is 4. The summed E-state index contributed by atoms with van der Waals surface area (Å²) >= 11 is 0. The summed E-state index contributed by atoms with van der Waals surface area (Å²) in [6.45, 7) is 4.81. The van der Waals surface area contributed by atoms with Crippen LogP contribution in [0.5, 0.6) is 0 Å². The van der Waals surface area contributed by atoms with Crippen LogP contribution in [-0.2, 0) is 10.3 Å². The van der Waals surface area contributed by atoms with E-state index in [1.807, 2.05) is 12.1 Å². The standard InChI is InChI=1S/C17H22N6O3/c1-12-19-15(22-26-12)17(5-2-6-17)21-16(24)20-13-3-4-14(18-11-13)23-7-9-25-10-8-23/h3-4,11H,2,5-10H2,1H3,(H2,20,21,24). The molecule has 4 rings (SSSR count). The van der Waals surface area contributed by atoms with E-state index in [1.54, 1.807) is 13.1 Å². The second-order valence-electron chi connectivity index (χ2n) is 6.66. The highest BCUT2D eigenvalue weighted by Gasteiger charge is 2.44. The molecule has 2 N–H and O–H groups in total. The molecular formula is C17H22N6O3. The van der Waals surface area contributed by atoms with E-state index in [1.165, 1.54) is 0 Å². The third-order valence-electron chi connectivity index (χ3n) is 4.86. The number of hydrogen-bond donors (Lipinski definition) is 2. The van der Waals surface area contributed by atoms with Crippen molar-refractivity contribution < 1.29 is 14.1 Å². The molecule has 1 saturated carbocycles. The van der Waals surface area contributed by atoms with Crippen LogP contribution in [0.2, 0.25) is 0 Å². The monoisotopic (exact) mass is 358 g/mol. The van der Waals surface area contributed by atoms with E-state index in [4.69, 9.17) is 9.26 Å². The van der Waals surface area contributed by atoms with Crippen LogP contribution in [0.1, 0.15) is 31.0 Å². The number of urea groups is 1. The van der Waals surface area contributed by atoms with Crippen molar-refractivity contribution in [2.45, 2.75) is 31.7 Å². The summed E-state index contributed by atoms with van der Waals surface area (Å²) in [5.41, 5.74) is 0.0986. The van der Waals surface area contributed by atoms with Crippen molar-refractivity contribution >= 4 is 17.5 Å². The van der Waals surface area contributed by atoms with Crippen LogP contribution in [0.3, 0.4) is 0 Å². The average molecular weight is 358 g/mol. The van der Waals surface area contributed by atoms with Crippen molar-refractivity contribution in [2.24, 2.45) is 0 Å². The molecule has 1 aliphatic carbocycles. The number of morpholine rings is 1. The van der Waals surface area contributed by atoms with E-state index in [0.717, 1.165) is 38.2 Å². The van der Waals surface area contributed by atoms with Gasteiger partial charge in [0.05, 0.1) is 25.1 Å². The van der Waals surface area contributed by atoms with Crippen LogP contribution >= 0.6 is 0 Å². The van der Waals surface area contributed by atoms with Gasteiger partial charge < -0.3 is 24.8 Å². The Morgan fingerprint density at radius 1 is 1.27 bits per heavy atom. The van der Waals surface area contributed by atoms with Crippen LogP contribution in [-0.4, -0.2) is 47.5 Å². The smallest absolute Gasteiger partial charge is 0.320 e. The molecule has 3 heterocycles. The molecule has 0 aromatic carbocycles. The fourth-order valence-electron chi connectivity index (χ4n) is 3.25. The third kappa shape index (κ3) is 3.34. The number of nitrogens with zero attached hydrogens (tertiary/aromatic N) is 4. The SMILES string of the molecule is Cc1nc(C2(NC(=O)Nc3ccc(N4CCOCC4)nc3)CCC2)no1. The minimum absolute atomic E-state index is 0.298.